The van der Waals surface area contributed by atoms with Crippen LogP contribution in [0.3, 0.4) is 0 Å². The van der Waals surface area contributed by atoms with Crippen molar-refractivity contribution in [2.75, 3.05) is 10.2 Å². The molecule has 0 aliphatic carbocycles. The van der Waals surface area contributed by atoms with Crippen LogP contribution >= 0.6 is 0 Å². The smallest absolute Gasteiger partial charge is 0.331 e. The van der Waals surface area contributed by atoms with Crippen LogP contribution < -0.4 is 20.6 Å². The van der Waals surface area contributed by atoms with Crippen molar-refractivity contribution in [2.45, 2.75) is 46.4 Å². The molecular weight excluding hydrogens is 639 g/mol. The SMILES string of the molecule is CC(C)(C)CC(O[Si](c1ccccc1)c1ccccc1)c1cccc(N2C(=O)N(Cc3ccco3)Cc3cnc(Nc4ccccc4)nc32)c1. The molecule has 251 valence electrons. The number of nitrogens with one attached hydrogen (secondary N) is 1. The topological polar surface area (TPSA) is 83.7 Å². The van der Waals surface area contributed by atoms with Crippen molar-refractivity contribution in [2.24, 2.45) is 5.41 Å². The molecule has 0 saturated heterocycles. The second-order valence-corrected chi connectivity index (χ2v) is 15.7. The zero-order valence-corrected chi connectivity index (χ0v) is 29.5. The second kappa shape index (κ2) is 14.5. The van der Waals surface area contributed by atoms with Crippen LogP contribution in [0.25, 0.3) is 0 Å². The van der Waals surface area contributed by atoms with Crippen LogP contribution in [0.2, 0.25) is 0 Å². The van der Waals surface area contributed by atoms with Gasteiger partial charge >= 0.3 is 6.03 Å². The summed E-state index contributed by atoms with van der Waals surface area (Å²) >= 11 is 0. The zero-order valence-electron chi connectivity index (χ0n) is 28.5. The van der Waals surface area contributed by atoms with Crippen LogP contribution in [-0.4, -0.2) is 29.9 Å². The summed E-state index contributed by atoms with van der Waals surface area (Å²) < 4.78 is 12.9. The van der Waals surface area contributed by atoms with Gasteiger partial charge in [0, 0.05) is 17.4 Å². The van der Waals surface area contributed by atoms with Gasteiger partial charge in [-0.15, -0.1) is 0 Å². The number of carbonyl (C=O) groups excluding carboxylic acids is 1. The lowest BCUT2D eigenvalue weighted by Gasteiger charge is -2.36. The maximum atomic E-state index is 14.4. The molecule has 4 aromatic carbocycles. The van der Waals surface area contributed by atoms with E-state index >= 15 is 0 Å². The Morgan fingerprint density at radius 2 is 1.54 bits per heavy atom. The number of urea groups is 1. The number of hydrogen-bond acceptors (Lipinski definition) is 6. The molecule has 1 N–H and O–H groups in total. The number of para-hydroxylation sites is 1. The van der Waals surface area contributed by atoms with Crippen molar-refractivity contribution in [3.8, 4) is 0 Å². The maximum absolute atomic E-state index is 14.4. The summed E-state index contributed by atoms with van der Waals surface area (Å²) in [5, 5.41) is 5.66. The van der Waals surface area contributed by atoms with Crippen LogP contribution in [0.15, 0.2) is 144 Å². The third-order valence-electron chi connectivity index (χ3n) is 8.46. The van der Waals surface area contributed by atoms with Crippen molar-refractivity contribution >= 4 is 48.6 Å². The van der Waals surface area contributed by atoms with E-state index in [9.17, 15) is 4.79 Å². The highest BCUT2D eigenvalue weighted by atomic mass is 28.3. The van der Waals surface area contributed by atoms with E-state index in [1.165, 1.54) is 10.4 Å². The Morgan fingerprint density at radius 1 is 0.860 bits per heavy atom. The Bertz CT molecular complexity index is 1980. The molecule has 0 fully saturated rings. The number of furan rings is 1. The van der Waals surface area contributed by atoms with E-state index in [1.54, 1.807) is 22.3 Å². The fourth-order valence-corrected chi connectivity index (χ4v) is 8.24. The molecule has 3 heterocycles. The van der Waals surface area contributed by atoms with Crippen LogP contribution in [-0.2, 0) is 17.5 Å². The van der Waals surface area contributed by atoms with Crippen molar-refractivity contribution in [1.82, 2.24) is 14.9 Å². The number of hydrogen-bond donors (Lipinski definition) is 1. The molecule has 1 radical (unpaired) electrons. The molecule has 1 aliphatic heterocycles. The molecule has 7 rings (SSSR count). The molecule has 0 bridgehead atoms. The molecule has 50 heavy (non-hydrogen) atoms. The van der Waals surface area contributed by atoms with Gasteiger partial charge in [-0.25, -0.2) is 14.7 Å². The van der Waals surface area contributed by atoms with Gasteiger partial charge in [-0.2, -0.15) is 4.98 Å². The summed E-state index contributed by atoms with van der Waals surface area (Å²) in [7, 11) is -1.61. The van der Waals surface area contributed by atoms with Gasteiger partial charge in [0.05, 0.1) is 31.1 Å². The van der Waals surface area contributed by atoms with Gasteiger partial charge in [-0.3, -0.25) is 0 Å². The van der Waals surface area contributed by atoms with Crippen molar-refractivity contribution in [1.29, 1.82) is 0 Å². The highest BCUT2D eigenvalue weighted by Crippen LogP contribution is 2.38. The number of anilines is 4. The molecule has 1 unspecified atom stereocenters. The number of aromatic nitrogens is 2. The average Bonchev–Trinajstić information content (AvgIpc) is 3.65. The normalized spacial score (nSPS) is 13.7. The minimum atomic E-state index is -1.61. The van der Waals surface area contributed by atoms with Gasteiger partial charge < -0.3 is 19.1 Å². The summed E-state index contributed by atoms with van der Waals surface area (Å²) in [6.45, 7) is 7.38. The summed E-state index contributed by atoms with van der Waals surface area (Å²) in [6.07, 6.45) is 3.97. The highest BCUT2D eigenvalue weighted by Gasteiger charge is 2.35. The molecule has 2 amide bonds. The highest BCUT2D eigenvalue weighted by molar-refractivity contribution is 6.80. The number of rotatable bonds is 11. The summed E-state index contributed by atoms with van der Waals surface area (Å²) in [5.41, 5.74) is 3.37. The van der Waals surface area contributed by atoms with Gasteiger partial charge in [0.15, 0.2) is 5.82 Å². The first kappa shape index (κ1) is 33.0. The Hall–Kier alpha value is -5.51. The van der Waals surface area contributed by atoms with E-state index in [1.807, 2.05) is 66.7 Å². The van der Waals surface area contributed by atoms with E-state index in [0.717, 1.165) is 23.2 Å². The first-order chi connectivity index (χ1) is 24.3. The largest absolute Gasteiger partial charge is 0.467 e. The molecule has 0 spiro atoms. The molecule has 9 heteroatoms. The first-order valence-corrected chi connectivity index (χ1v) is 18.3. The predicted molar refractivity (Wildman–Crippen MR) is 199 cm³/mol. The van der Waals surface area contributed by atoms with Gasteiger partial charge in [0.1, 0.15) is 5.76 Å². The molecular formula is C41H40N5O3Si. The fourth-order valence-electron chi connectivity index (χ4n) is 6.14. The Labute approximate surface area is 295 Å². The molecule has 8 nitrogen and oxygen atoms in total. The van der Waals surface area contributed by atoms with E-state index < -0.39 is 9.04 Å². The summed E-state index contributed by atoms with van der Waals surface area (Å²) in [5.74, 6) is 1.66. The molecule has 0 saturated carbocycles. The van der Waals surface area contributed by atoms with E-state index in [0.29, 0.717) is 36.3 Å². The molecule has 2 aromatic heterocycles. The number of amides is 2. The lowest BCUT2D eigenvalue weighted by Crippen LogP contribution is -2.46. The zero-order chi connectivity index (χ0) is 34.5. The van der Waals surface area contributed by atoms with Crippen LogP contribution in [0.4, 0.5) is 27.9 Å². The van der Waals surface area contributed by atoms with Gasteiger partial charge in [-0.1, -0.05) is 112 Å². The van der Waals surface area contributed by atoms with Gasteiger partial charge in [0.25, 0.3) is 9.04 Å². The molecule has 1 atom stereocenters. The molecule has 1 aliphatic rings. The minimum Gasteiger partial charge on any atom is -0.467 e. The van der Waals surface area contributed by atoms with E-state index in [4.69, 9.17) is 13.8 Å². The van der Waals surface area contributed by atoms with Crippen molar-refractivity contribution in [3.63, 3.8) is 0 Å². The predicted octanol–water partition coefficient (Wildman–Crippen LogP) is 8.39. The van der Waals surface area contributed by atoms with E-state index in [-0.39, 0.29) is 17.6 Å². The van der Waals surface area contributed by atoms with Gasteiger partial charge in [0.2, 0.25) is 5.95 Å². The van der Waals surface area contributed by atoms with Crippen molar-refractivity contribution < 1.29 is 13.6 Å². The Morgan fingerprint density at radius 3 is 2.18 bits per heavy atom. The van der Waals surface area contributed by atoms with Crippen molar-refractivity contribution in [3.05, 3.63) is 157 Å². The second-order valence-electron chi connectivity index (χ2n) is 13.6. The average molecular weight is 679 g/mol. The lowest BCUT2D eigenvalue weighted by atomic mass is 9.87. The Balaban J connectivity index is 1.28. The summed E-state index contributed by atoms with van der Waals surface area (Å²) in [6, 6.07) is 42.4. The third-order valence-corrected chi connectivity index (χ3v) is 10.7. The number of fused-ring (bicyclic) bond motifs is 1. The summed E-state index contributed by atoms with van der Waals surface area (Å²) in [4.78, 5) is 27.4. The number of carbonyl (C=O) groups is 1. The van der Waals surface area contributed by atoms with Crippen LogP contribution in [0.5, 0.6) is 0 Å². The monoisotopic (exact) mass is 678 g/mol. The quantitative estimate of drug-likeness (QED) is 0.139. The fraction of sp³-hybridized carbons (Fsp3) is 0.195. The van der Waals surface area contributed by atoms with Crippen LogP contribution in [0.1, 0.15) is 50.2 Å². The van der Waals surface area contributed by atoms with E-state index in [2.05, 4.69) is 91.7 Å². The third kappa shape index (κ3) is 7.69. The Kier molecular flexibility index (Phi) is 9.60. The first-order valence-electron chi connectivity index (χ1n) is 16.8. The van der Waals surface area contributed by atoms with Gasteiger partial charge in [-0.05, 0) is 64.2 Å². The maximum Gasteiger partial charge on any atom is 0.331 e. The molecule has 6 aromatic rings. The number of benzene rings is 4. The number of nitrogens with zero attached hydrogens (tertiary/aromatic N) is 4. The van der Waals surface area contributed by atoms with Crippen LogP contribution in [0, 0.1) is 5.41 Å². The minimum absolute atomic E-state index is 0.0281. The standard InChI is InChI=1S/C41H40N5O3Si/c1-41(2,3)26-37(49-50(35-20-9-5-10-21-35)36-22-11-6-12-23-36)30-15-13-18-33(25-30)46-38-31(28-45(40(46)47)29-34-19-14-24-48-34)27-42-39(44-38)43-32-16-7-4-8-17-32/h4-25,27,37H,26,28-29H2,1-3H3,(H,42,43,44). The lowest BCUT2D eigenvalue weighted by molar-refractivity contribution is 0.150.